The number of nitrogens with one attached hydrogen (secondary N) is 2. The number of carbonyl (C=O) groups excluding carboxylic acids is 2. The number of aliphatic imine (C=N–C) groups is 1. The number of carbonyl (C=O) groups is 2. The van der Waals surface area contributed by atoms with Crippen LogP contribution < -0.4 is 21.1 Å². The highest BCUT2D eigenvalue weighted by atomic mass is 32.2. The number of nitrogens with zero attached hydrogens (tertiary/aromatic N) is 3. The SMILES string of the molecule is C#CCOc1cnc(C(=O)Nc2ccc(F)c([C@@]3(C)N=C(N)S[C@@]4(C(=O)NC(C)(C)C)C[C@H]43)c2)cn1. The number of amides is 2. The molecule has 1 aromatic carbocycles. The third kappa shape index (κ3) is 4.86. The summed E-state index contributed by atoms with van der Waals surface area (Å²) in [6.45, 7) is 7.50. The van der Waals surface area contributed by atoms with Gasteiger partial charge in [0.2, 0.25) is 11.8 Å². The maximum Gasteiger partial charge on any atom is 0.275 e. The Morgan fingerprint density at radius 2 is 2.08 bits per heavy atom. The fourth-order valence-corrected chi connectivity index (χ4v) is 5.70. The number of rotatable bonds is 6. The molecule has 0 unspecified atom stereocenters. The second-order valence-corrected chi connectivity index (χ2v) is 11.3. The molecule has 2 heterocycles. The summed E-state index contributed by atoms with van der Waals surface area (Å²) in [7, 11) is 0. The van der Waals surface area contributed by atoms with Crippen LogP contribution in [0.1, 0.15) is 50.2 Å². The minimum atomic E-state index is -1.09. The first-order chi connectivity index (χ1) is 16.9. The number of fused-ring (bicyclic) bond motifs is 1. The van der Waals surface area contributed by atoms with E-state index < -0.39 is 27.5 Å². The molecule has 36 heavy (non-hydrogen) atoms. The van der Waals surface area contributed by atoms with Crippen molar-refractivity contribution in [1.82, 2.24) is 15.3 Å². The second-order valence-electron chi connectivity index (χ2n) is 9.93. The Labute approximate surface area is 212 Å². The first kappa shape index (κ1) is 25.4. The lowest BCUT2D eigenvalue weighted by atomic mass is 9.85. The molecule has 2 aliphatic rings. The minimum Gasteiger partial charge on any atom is -0.463 e. The van der Waals surface area contributed by atoms with Crippen LogP contribution in [0.25, 0.3) is 0 Å². The molecular weight excluding hydrogens is 483 g/mol. The summed E-state index contributed by atoms with van der Waals surface area (Å²) in [6, 6.07) is 4.21. The number of thioether (sulfide) groups is 1. The number of hydrogen-bond donors (Lipinski definition) is 3. The van der Waals surface area contributed by atoms with Crippen molar-refractivity contribution in [3.05, 3.63) is 47.7 Å². The first-order valence-electron chi connectivity index (χ1n) is 11.2. The van der Waals surface area contributed by atoms with Gasteiger partial charge in [0.1, 0.15) is 16.3 Å². The summed E-state index contributed by atoms with van der Waals surface area (Å²) >= 11 is 1.22. The van der Waals surface area contributed by atoms with Crippen molar-refractivity contribution in [3.8, 4) is 18.2 Å². The fraction of sp³-hybridized carbons (Fsp3) is 0.400. The van der Waals surface area contributed by atoms with Crippen LogP contribution in [0.3, 0.4) is 0 Å². The summed E-state index contributed by atoms with van der Waals surface area (Å²) in [5.41, 5.74) is 5.24. The van der Waals surface area contributed by atoms with Gasteiger partial charge < -0.3 is 21.1 Å². The monoisotopic (exact) mass is 510 g/mol. The third-order valence-electron chi connectivity index (χ3n) is 6.02. The molecule has 0 bridgehead atoms. The van der Waals surface area contributed by atoms with Gasteiger partial charge >= 0.3 is 0 Å². The number of halogens is 1. The number of ether oxygens (including phenoxy) is 1. The maximum atomic E-state index is 15.1. The molecule has 1 aliphatic heterocycles. The van der Waals surface area contributed by atoms with Gasteiger partial charge in [0, 0.05) is 22.7 Å². The van der Waals surface area contributed by atoms with Crippen LogP contribution in [0.2, 0.25) is 0 Å². The highest BCUT2D eigenvalue weighted by Crippen LogP contribution is 2.66. The Hall–Kier alpha value is -3.65. The van der Waals surface area contributed by atoms with Gasteiger partial charge in [-0.05, 0) is 52.3 Å². The molecule has 1 saturated carbocycles. The molecule has 0 saturated heterocycles. The molecule has 1 aliphatic carbocycles. The zero-order chi connectivity index (χ0) is 26.3. The van der Waals surface area contributed by atoms with Gasteiger partial charge in [-0.2, -0.15) is 0 Å². The molecule has 4 N–H and O–H groups in total. The zero-order valence-corrected chi connectivity index (χ0v) is 21.2. The van der Waals surface area contributed by atoms with Crippen LogP contribution in [-0.2, 0) is 10.3 Å². The lowest BCUT2D eigenvalue weighted by Gasteiger charge is -2.35. The van der Waals surface area contributed by atoms with Crippen LogP contribution in [0.15, 0.2) is 35.6 Å². The molecule has 2 amide bonds. The van der Waals surface area contributed by atoms with Crippen molar-refractivity contribution in [2.45, 2.75) is 49.9 Å². The number of benzene rings is 1. The van der Waals surface area contributed by atoms with Crippen LogP contribution in [0.5, 0.6) is 5.88 Å². The van der Waals surface area contributed by atoms with E-state index >= 15 is 4.39 Å². The van der Waals surface area contributed by atoms with E-state index in [2.05, 4.69) is 31.5 Å². The number of nitrogens with two attached hydrogens (primary N) is 1. The van der Waals surface area contributed by atoms with Gasteiger partial charge in [0.25, 0.3) is 5.91 Å². The minimum absolute atomic E-state index is 0.0307. The molecule has 0 radical (unpaired) electrons. The Balaban J connectivity index is 1.58. The summed E-state index contributed by atoms with van der Waals surface area (Å²) in [4.78, 5) is 38.5. The molecule has 11 heteroatoms. The van der Waals surface area contributed by atoms with Crippen LogP contribution in [-0.4, -0.2) is 43.8 Å². The predicted molar refractivity (Wildman–Crippen MR) is 136 cm³/mol. The molecule has 1 fully saturated rings. The van der Waals surface area contributed by atoms with Gasteiger partial charge in [-0.3, -0.25) is 14.6 Å². The van der Waals surface area contributed by atoms with E-state index in [0.29, 0.717) is 12.1 Å². The highest BCUT2D eigenvalue weighted by molar-refractivity contribution is 8.15. The molecule has 9 nitrogen and oxygen atoms in total. The van der Waals surface area contributed by atoms with E-state index in [1.807, 2.05) is 20.8 Å². The largest absolute Gasteiger partial charge is 0.463 e. The quantitative estimate of drug-likeness (QED) is 0.509. The molecular formula is C25H27FN6O3S. The van der Waals surface area contributed by atoms with Crippen molar-refractivity contribution in [1.29, 1.82) is 0 Å². The lowest BCUT2D eigenvalue weighted by molar-refractivity contribution is -0.123. The number of terminal acetylenes is 1. The van der Waals surface area contributed by atoms with E-state index in [0.717, 1.165) is 0 Å². The molecule has 188 valence electrons. The summed E-state index contributed by atoms with van der Waals surface area (Å²) < 4.78 is 19.5. The van der Waals surface area contributed by atoms with Gasteiger partial charge in [-0.25, -0.2) is 14.4 Å². The Bertz CT molecular complexity index is 1290. The van der Waals surface area contributed by atoms with E-state index in [1.54, 1.807) is 6.92 Å². The van der Waals surface area contributed by atoms with Crippen molar-refractivity contribution in [2.24, 2.45) is 16.6 Å². The Morgan fingerprint density at radius 1 is 1.33 bits per heavy atom. The van der Waals surface area contributed by atoms with Gasteiger partial charge in [0.05, 0.1) is 17.9 Å². The average Bonchev–Trinajstić information content (AvgIpc) is 3.55. The maximum absolute atomic E-state index is 15.1. The number of aromatic nitrogens is 2. The lowest BCUT2D eigenvalue weighted by Crippen LogP contribution is -2.50. The Morgan fingerprint density at radius 3 is 2.72 bits per heavy atom. The van der Waals surface area contributed by atoms with E-state index in [4.69, 9.17) is 16.9 Å². The van der Waals surface area contributed by atoms with Crippen molar-refractivity contribution < 1.29 is 18.7 Å². The van der Waals surface area contributed by atoms with Gasteiger partial charge in [0.15, 0.2) is 11.8 Å². The van der Waals surface area contributed by atoms with Crippen molar-refractivity contribution in [3.63, 3.8) is 0 Å². The zero-order valence-electron chi connectivity index (χ0n) is 20.4. The standard InChI is InChI=1S/C25H27FN6O3S/c1-6-9-35-19-13-28-17(12-29-19)20(33)30-14-7-8-16(26)15(10-14)24(5)18-11-25(18,36-22(27)32-24)21(34)31-23(2,3)4/h1,7-8,10,12-13,18H,9,11H2,2-5H3,(H2,27,32)(H,30,33)(H,31,34)/t18-,24+,25-/m0/s1. The summed E-state index contributed by atoms with van der Waals surface area (Å²) in [5, 5.41) is 5.93. The first-order valence-corrected chi connectivity index (χ1v) is 12.1. The van der Waals surface area contributed by atoms with E-state index in [-0.39, 0.29) is 40.7 Å². The highest BCUT2D eigenvalue weighted by Gasteiger charge is 2.70. The van der Waals surface area contributed by atoms with Crippen LogP contribution in [0, 0.1) is 24.1 Å². The normalized spacial score (nSPS) is 24.6. The molecule has 0 spiro atoms. The van der Waals surface area contributed by atoms with Crippen molar-refractivity contribution in [2.75, 3.05) is 11.9 Å². The number of amidine groups is 1. The summed E-state index contributed by atoms with van der Waals surface area (Å²) in [6.07, 6.45) is 8.18. The predicted octanol–water partition coefficient (Wildman–Crippen LogP) is 2.83. The van der Waals surface area contributed by atoms with Gasteiger partial charge in [-0.15, -0.1) is 6.42 Å². The fourth-order valence-electron chi connectivity index (χ4n) is 4.33. The molecule has 4 rings (SSSR count). The topological polar surface area (TPSA) is 132 Å². The van der Waals surface area contributed by atoms with E-state index in [9.17, 15) is 9.59 Å². The van der Waals surface area contributed by atoms with Gasteiger partial charge in [-0.1, -0.05) is 17.7 Å². The number of anilines is 1. The second kappa shape index (κ2) is 9.09. The molecule has 3 atom stereocenters. The van der Waals surface area contributed by atoms with Crippen LogP contribution >= 0.6 is 11.8 Å². The summed E-state index contributed by atoms with van der Waals surface area (Å²) in [5.74, 6) is 1.04. The number of hydrogen-bond acceptors (Lipinski definition) is 8. The van der Waals surface area contributed by atoms with Crippen molar-refractivity contribution >= 4 is 34.4 Å². The smallest absolute Gasteiger partial charge is 0.275 e. The van der Waals surface area contributed by atoms with Crippen LogP contribution in [0.4, 0.5) is 10.1 Å². The molecule has 1 aromatic heterocycles. The molecule has 2 aromatic rings. The third-order valence-corrected chi connectivity index (χ3v) is 7.33. The Kier molecular flexibility index (Phi) is 6.43. The average molecular weight is 511 g/mol. The van der Waals surface area contributed by atoms with E-state index in [1.165, 1.54) is 42.4 Å².